The van der Waals surface area contributed by atoms with E-state index in [0.717, 1.165) is 32.2 Å². The SMILES string of the molecule is CO[C@@H]1CC[C@@]2(OC)CCN(Cc3cc(=O)[nH]c(=O)[nH]3)[C@H]2C1. The smallest absolute Gasteiger partial charge is 0.325 e. The third kappa shape index (κ3) is 2.76. The number of rotatable bonds is 4. The van der Waals surface area contributed by atoms with Crippen LogP contribution in [0.2, 0.25) is 0 Å². The van der Waals surface area contributed by atoms with Crippen LogP contribution in [0.4, 0.5) is 0 Å². The molecule has 1 aromatic rings. The molecule has 2 fully saturated rings. The third-order valence-corrected chi connectivity index (χ3v) is 5.18. The van der Waals surface area contributed by atoms with Gasteiger partial charge in [0, 0.05) is 45.1 Å². The summed E-state index contributed by atoms with van der Waals surface area (Å²) in [4.78, 5) is 30.0. The second-order valence-electron chi connectivity index (χ2n) is 6.25. The summed E-state index contributed by atoms with van der Waals surface area (Å²) in [6.45, 7) is 1.44. The number of aromatic amines is 2. The molecule has 1 saturated carbocycles. The minimum Gasteiger partial charge on any atom is -0.381 e. The number of ether oxygens (including phenoxy) is 2. The van der Waals surface area contributed by atoms with Crippen molar-refractivity contribution >= 4 is 0 Å². The Morgan fingerprint density at radius 1 is 1.32 bits per heavy atom. The maximum atomic E-state index is 11.4. The Balaban J connectivity index is 1.82. The normalized spacial score (nSPS) is 32.1. The number of likely N-dealkylation sites (tertiary alicyclic amines) is 1. The Kier molecular flexibility index (Phi) is 4.20. The molecule has 0 aromatic carbocycles. The molecule has 0 spiro atoms. The lowest BCUT2D eigenvalue weighted by molar-refractivity contribution is -0.0948. The molecule has 22 heavy (non-hydrogen) atoms. The first-order valence-electron chi connectivity index (χ1n) is 7.71. The summed E-state index contributed by atoms with van der Waals surface area (Å²) in [5, 5.41) is 0. The number of hydrogen-bond donors (Lipinski definition) is 2. The number of nitrogens with one attached hydrogen (secondary N) is 2. The van der Waals surface area contributed by atoms with Crippen molar-refractivity contribution in [3.63, 3.8) is 0 Å². The van der Waals surface area contributed by atoms with Crippen LogP contribution in [-0.4, -0.2) is 53.4 Å². The zero-order valence-corrected chi connectivity index (χ0v) is 13.1. The summed E-state index contributed by atoms with van der Waals surface area (Å²) < 4.78 is 11.4. The molecule has 3 atom stereocenters. The highest BCUT2D eigenvalue weighted by atomic mass is 16.5. The van der Waals surface area contributed by atoms with E-state index in [9.17, 15) is 9.59 Å². The van der Waals surface area contributed by atoms with Gasteiger partial charge in [0.15, 0.2) is 0 Å². The monoisotopic (exact) mass is 309 g/mol. The Bertz CT molecular complexity index is 612. The molecule has 2 heterocycles. The molecular formula is C15H23N3O4. The molecule has 1 aromatic heterocycles. The Labute approximate surface area is 128 Å². The number of H-pyrrole nitrogens is 2. The molecule has 7 heteroatoms. The first kappa shape index (κ1) is 15.5. The molecule has 1 aliphatic heterocycles. The maximum absolute atomic E-state index is 11.4. The van der Waals surface area contributed by atoms with E-state index in [0.29, 0.717) is 12.2 Å². The van der Waals surface area contributed by atoms with Gasteiger partial charge in [-0.05, 0) is 25.7 Å². The summed E-state index contributed by atoms with van der Waals surface area (Å²) in [5.41, 5.74) is -0.316. The zero-order chi connectivity index (χ0) is 15.7. The van der Waals surface area contributed by atoms with Crippen molar-refractivity contribution < 1.29 is 9.47 Å². The van der Waals surface area contributed by atoms with E-state index in [1.54, 1.807) is 14.2 Å². The highest BCUT2D eigenvalue weighted by Gasteiger charge is 2.51. The van der Waals surface area contributed by atoms with E-state index in [1.165, 1.54) is 6.07 Å². The van der Waals surface area contributed by atoms with E-state index in [2.05, 4.69) is 14.9 Å². The molecule has 2 N–H and O–H groups in total. The summed E-state index contributed by atoms with van der Waals surface area (Å²) in [6.07, 6.45) is 4.12. The summed E-state index contributed by atoms with van der Waals surface area (Å²) in [5.74, 6) is 0. The number of methoxy groups -OCH3 is 2. The molecular weight excluding hydrogens is 286 g/mol. The second-order valence-corrected chi connectivity index (χ2v) is 6.25. The van der Waals surface area contributed by atoms with Crippen LogP contribution in [0, 0.1) is 0 Å². The van der Waals surface area contributed by atoms with Gasteiger partial charge >= 0.3 is 5.69 Å². The van der Waals surface area contributed by atoms with Crippen LogP contribution in [0.15, 0.2) is 15.7 Å². The van der Waals surface area contributed by atoms with Gasteiger partial charge in [0.25, 0.3) is 5.56 Å². The van der Waals surface area contributed by atoms with Crippen molar-refractivity contribution in [1.29, 1.82) is 0 Å². The molecule has 1 aliphatic carbocycles. The van der Waals surface area contributed by atoms with Crippen LogP contribution >= 0.6 is 0 Å². The van der Waals surface area contributed by atoms with E-state index in [-0.39, 0.29) is 23.3 Å². The zero-order valence-electron chi connectivity index (χ0n) is 13.1. The average molecular weight is 309 g/mol. The molecule has 122 valence electrons. The molecule has 0 radical (unpaired) electrons. The molecule has 0 unspecified atom stereocenters. The van der Waals surface area contributed by atoms with Crippen LogP contribution in [-0.2, 0) is 16.0 Å². The molecule has 7 nitrogen and oxygen atoms in total. The second kappa shape index (κ2) is 5.98. The molecule has 2 aliphatic rings. The molecule has 0 amide bonds. The van der Waals surface area contributed by atoms with E-state index in [1.807, 2.05) is 0 Å². The highest BCUT2D eigenvalue weighted by molar-refractivity contribution is 5.08. The predicted octanol–water partition coefficient (Wildman–Crippen LogP) is 0.222. The van der Waals surface area contributed by atoms with Crippen LogP contribution < -0.4 is 11.2 Å². The quantitative estimate of drug-likeness (QED) is 0.831. The fraction of sp³-hybridized carbons (Fsp3) is 0.733. The van der Waals surface area contributed by atoms with Gasteiger partial charge in [-0.3, -0.25) is 14.7 Å². The van der Waals surface area contributed by atoms with Crippen LogP contribution in [0.25, 0.3) is 0 Å². The van der Waals surface area contributed by atoms with Crippen molar-refractivity contribution in [1.82, 2.24) is 14.9 Å². The average Bonchev–Trinajstić information content (AvgIpc) is 2.85. The minimum atomic E-state index is -0.460. The fourth-order valence-electron chi connectivity index (χ4n) is 3.98. The first-order chi connectivity index (χ1) is 10.6. The van der Waals surface area contributed by atoms with Gasteiger partial charge in [-0.25, -0.2) is 4.79 Å². The van der Waals surface area contributed by atoms with Crippen molar-refractivity contribution in [3.8, 4) is 0 Å². The van der Waals surface area contributed by atoms with Gasteiger partial charge in [0.1, 0.15) is 0 Å². The van der Waals surface area contributed by atoms with Gasteiger partial charge in [0.05, 0.1) is 11.7 Å². The van der Waals surface area contributed by atoms with Gasteiger partial charge < -0.3 is 14.5 Å². The van der Waals surface area contributed by atoms with Gasteiger partial charge in [-0.15, -0.1) is 0 Å². The Hall–Kier alpha value is -1.44. The molecule has 3 rings (SSSR count). The lowest BCUT2D eigenvalue weighted by Crippen LogP contribution is -2.51. The summed E-state index contributed by atoms with van der Waals surface area (Å²) in [7, 11) is 3.52. The van der Waals surface area contributed by atoms with Crippen LogP contribution in [0.5, 0.6) is 0 Å². The van der Waals surface area contributed by atoms with Crippen LogP contribution in [0.1, 0.15) is 31.4 Å². The lowest BCUT2D eigenvalue weighted by atomic mass is 9.79. The van der Waals surface area contributed by atoms with E-state index < -0.39 is 5.69 Å². The number of nitrogens with zero attached hydrogens (tertiary/aromatic N) is 1. The summed E-state index contributed by atoms with van der Waals surface area (Å²) in [6, 6.07) is 1.70. The largest absolute Gasteiger partial charge is 0.381 e. The first-order valence-corrected chi connectivity index (χ1v) is 7.71. The Morgan fingerprint density at radius 3 is 2.82 bits per heavy atom. The summed E-state index contributed by atoms with van der Waals surface area (Å²) >= 11 is 0. The van der Waals surface area contributed by atoms with Crippen molar-refractivity contribution in [3.05, 3.63) is 32.6 Å². The lowest BCUT2D eigenvalue weighted by Gasteiger charge is -2.43. The minimum absolute atomic E-state index is 0.128. The van der Waals surface area contributed by atoms with Crippen molar-refractivity contribution in [2.45, 2.75) is 50.0 Å². The van der Waals surface area contributed by atoms with Gasteiger partial charge in [0.2, 0.25) is 0 Å². The van der Waals surface area contributed by atoms with E-state index in [4.69, 9.17) is 9.47 Å². The topological polar surface area (TPSA) is 87.4 Å². The number of aromatic nitrogens is 2. The molecule has 0 bridgehead atoms. The standard InChI is InChI=1S/C15H23N3O4/c1-21-11-3-4-15(22-2)5-6-18(12(15)8-11)9-10-7-13(19)17-14(20)16-10/h7,11-12H,3-6,8-9H2,1-2H3,(H2,16,17,19,20)/t11-,12+,15-/m1/s1. The van der Waals surface area contributed by atoms with Gasteiger partial charge in [-0.1, -0.05) is 0 Å². The number of fused-ring (bicyclic) bond motifs is 1. The maximum Gasteiger partial charge on any atom is 0.325 e. The highest BCUT2D eigenvalue weighted by Crippen LogP contribution is 2.43. The predicted molar refractivity (Wildman–Crippen MR) is 80.9 cm³/mol. The Morgan fingerprint density at radius 2 is 2.14 bits per heavy atom. The third-order valence-electron chi connectivity index (χ3n) is 5.18. The van der Waals surface area contributed by atoms with Crippen molar-refractivity contribution in [2.24, 2.45) is 0 Å². The van der Waals surface area contributed by atoms with Crippen molar-refractivity contribution in [2.75, 3.05) is 20.8 Å². The fourth-order valence-corrected chi connectivity index (χ4v) is 3.98. The molecule has 1 saturated heterocycles. The number of hydrogen-bond acceptors (Lipinski definition) is 5. The van der Waals surface area contributed by atoms with Gasteiger partial charge in [-0.2, -0.15) is 0 Å². The van der Waals surface area contributed by atoms with Crippen LogP contribution in [0.3, 0.4) is 0 Å². The van der Waals surface area contributed by atoms with E-state index >= 15 is 0 Å².